The second kappa shape index (κ2) is 10.5. The highest BCUT2D eigenvalue weighted by Crippen LogP contribution is 2.36. The molecule has 196 valence electrons. The molecule has 7 nitrogen and oxygen atoms in total. The summed E-state index contributed by atoms with van der Waals surface area (Å²) in [6.07, 6.45) is -4.24. The third-order valence-electron chi connectivity index (χ3n) is 6.29. The molecular weight excluding hydrogens is 491 g/mol. The van der Waals surface area contributed by atoms with Gasteiger partial charge in [0.25, 0.3) is 0 Å². The number of nitrogens with zero attached hydrogens (tertiary/aromatic N) is 1. The van der Waals surface area contributed by atoms with Crippen molar-refractivity contribution in [2.75, 3.05) is 26.4 Å². The van der Waals surface area contributed by atoms with Gasteiger partial charge in [0.05, 0.1) is 25.5 Å². The number of alkyl halides is 3. The van der Waals surface area contributed by atoms with E-state index >= 15 is 0 Å². The van der Waals surface area contributed by atoms with E-state index in [-0.39, 0.29) is 30.5 Å². The van der Waals surface area contributed by atoms with Crippen molar-refractivity contribution >= 4 is 0 Å². The number of benzene rings is 2. The highest BCUT2D eigenvalue weighted by molar-refractivity contribution is 5.70. The fourth-order valence-corrected chi connectivity index (χ4v) is 4.56. The number of ether oxygens (including phenoxy) is 5. The van der Waals surface area contributed by atoms with Crippen LogP contribution in [0.25, 0.3) is 11.3 Å². The molecule has 0 spiro atoms. The van der Waals surface area contributed by atoms with Gasteiger partial charge in [0.2, 0.25) is 0 Å². The monoisotopic (exact) mass is 517 g/mol. The van der Waals surface area contributed by atoms with Crippen molar-refractivity contribution in [3.8, 4) is 28.6 Å². The van der Waals surface area contributed by atoms with E-state index in [2.05, 4.69) is 4.74 Å². The second-order valence-electron chi connectivity index (χ2n) is 8.90. The molecule has 10 heteroatoms. The molecule has 3 heterocycles. The minimum absolute atomic E-state index is 0.0772. The smallest absolute Gasteiger partial charge is 0.489 e. The maximum Gasteiger partial charge on any atom is 0.573 e. The van der Waals surface area contributed by atoms with Crippen LogP contribution >= 0.6 is 0 Å². The molecule has 0 unspecified atom stereocenters. The molecule has 2 aliphatic heterocycles. The Morgan fingerprint density at radius 2 is 1.92 bits per heavy atom. The average molecular weight is 518 g/mol. The zero-order chi connectivity index (χ0) is 26.0. The van der Waals surface area contributed by atoms with Crippen molar-refractivity contribution in [2.45, 2.75) is 39.0 Å². The van der Waals surface area contributed by atoms with E-state index < -0.39 is 6.36 Å². The Balaban J connectivity index is 1.33. The Hall–Kier alpha value is -3.50. The maximum absolute atomic E-state index is 12.8. The van der Waals surface area contributed by atoms with Crippen LogP contribution in [-0.4, -0.2) is 43.5 Å². The summed E-state index contributed by atoms with van der Waals surface area (Å²) in [6, 6.07) is 12.8. The largest absolute Gasteiger partial charge is 0.573 e. The maximum atomic E-state index is 12.8. The average Bonchev–Trinajstić information content (AvgIpc) is 2.88. The topological polar surface area (TPSA) is 68.2 Å². The first-order valence-electron chi connectivity index (χ1n) is 11.9. The summed E-state index contributed by atoms with van der Waals surface area (Å²) in [6.45, 7) is 4.31. The van der Waals surface area contributed by atoms with E-state index in [1.807, 2.05) is 16.7 Å². The van der Waals surface area contributed by atoms with E-state index in [1.165, 1.54) is 24.3 Å². The third-order valence-corrected chi connectivity index (χ3v) is 6.29. The van der Waals surface area contributed by atoms with Gasteiger partial charge in [0.15, 0.2) is 11.3 Å². The molecule has 0 amide bonds. The number of hydrogen-bond acceptors (Lipinski definition) is 6. The van der Waals surface area contributed by atoms with Gasteiger partial charge in [0.1, 0.15) is 30.8 Å². The number of hydrogen-bond donors (Lipinski definition) is 0. The van der Waals surface area contributed by atoms with Crippen molar-refractivity contribution in [1.82, 2.24) is 4.57 Å². The lowest BCUT2D eigenvalue weighted by Gasteiger charge is -2.28. The first-order chi connectivity index (χ1) is 17.8. The number of aryl methyl sites for hydroxylation is 1. The number of rotatable bonds is 7. The molecule has 1 fully saturated rings. The zero-order valence-electron chi connectivity index (χ0n) is 20.2. The van der Waals surface area contributed by atoms with E-state index in [1.54, 1.807) is 19.1 Å². The number of fused-ring (bicyclic) bond motifs is 3. The van der Waals surface area contributed by atoms with Crippen molar-refractivity contribution in [1.29, 1.82) is 0 Å². The first kappa shape index (κ1) is 25.2. The summed E-state index contributed by atoms with van der Waals surface area (Å²) in [5, 5.41) is 0. The number of halogens is 3. The SMILES string of the molecule is Cc1c2n(c(OC[C@@H]3COCCO3)cc1=O)CCc1cc(OCc3cccc(OC(F)(F)F)c3)ccc1-2. The Kier molecular flexibility index (Phi) is 7.12. The van der Waals surface area contributed by atoms with Gasteiger partial charge in [-0.1, -0.05) is 12.1 Å². The quantitative estimate of drug-likeness (QED) is 0.455. The van der Waals surface area contributed by atoms with Gasteiger partial charge in [-0.25, -0.2) is 0 Å². The molecule has 2 aliphatic rings. The Morgan fingerprint density at radius 3 is 2.70 bits per heavy atom. The summed E-state index contributed by atoms with van der Waals surface area (Å²) >= 11 is 0. The van der Waals surface area contributed by atoms with Crippen LogP contribution in [0.2, 0.25) is 0 Å². The molecule has 0 N–H and O–H groups in total. The van der Waals surface area contributed by atoms with Gasteiger partial charge in [-0.05, 0) is 54.8 Å². The lowest BCUT2D eigenvalue weighted by molar-refractivity contribution is -0.274. The molecule has 1 saturated heterocycles. The standard InChI is InChI=1S/C27H26F3NO6/c1-17-24(32)13-25(36-16-22-15-33-9-10-34-22)31-8-7-19-12-20(5-6-23(19)26(17)31)35-14-18-3-2-4-21(11-18)37-27(28,29)30/h2-6,11-13,22H,7-10,14-16H2,1H3/t22-/m0/s1. The summed E-state index contributed by atoms with van der Waals surface area (Å²) in [5.74, 6) is 0.778. The van der Waals surface area contributed by atoms with Gasteiger partial charge in [-0.15, -0.1) is 13.2 Å². The fraction of sp³-hybridized carbons (Fsp3) is 0.370. The van der Waals surface area contributed by atoms with Gasteiger partial charge >= 0.3 is 6.36 Å². The molecule has 5 rings (SSSR count). The Bertz CT molecular complexity index is 1330. The zero-order valence-corrected chi connectivity index (χ0v) is 20.2. The van der Waals surface area contributed by atoms with Crippen LogP contribution < -0.4 is 19.6 Å². The molecule has 2 aromatic carbocycles. The summed E-state index contributed by atoms with van der Waals surface area (Å²) in [4.78, 5) is 12.8. The Morgan fingerprint density at radius 1 is 1.05 bits per heavy atom. The lowest BCUT2D eigenvalue weighted by atomic mass is 9.94. The van der Waals surface area contributed by atoms with Crippen LogP contribution in [-0.2, 0) is 29.0 Å². The fourth-order valence-electron chi connectivity index (χ4n) is 4.56. The minimum Gasteiger partial charge on any atom is -0.489 e. The molecule has 1 aromatic heterocycles. The molecule has 0 saturated carbocycles. The van der Waals surface area contributed by atoms with Crippen LogP contribution in [0.4, 0.5) is 13.2 Å². The van der Waals surface area contributed by atoms with E-state index in [9.17, 15) is 18.0 Å². The molecule has 0 aliphatic carbocycles. The molecule has 0 bridgehead atoms. The van der Waals surface area contributed by atoms with Crippen molar-refractivity contribution in [2.24, 2.45) is 0 Å². The van der Waals surface area contributed by atoms with Crippen molar-refractivity contribution < 1.29 is 36.9 Å². The number of pyridine rings is 1. The van der Waals surface area contributed by atoms with Gasteiger partial charge in [0, 0.05) is 23.7 Å². The van der Waals surface area contributed by atoms with E-state index in [0.29, 0.717) is 55.5 Å². The second-order valence-corrected chi connectivity index (χ2v) is 8.90. The van der Waals surface area contributed by atoms with Crippen LogP contribution in [0.3, 0.4) is 0 Å². The van der Waals surface area contributed by atoms with E-state index in [0.717, 1.165) is 16.8 Å². The van der Waals surface area contributed by atoms with Crippen molar-refractivity contribution in [3.05, 3.63) is 75.4 Å². The normalized spacial score (nSPS) is 17.0. The first-order valence-corrected chi connectivity index (χ1v) is 11.9. The summed E-state index contributed by atoms with van der Waals surface area (Å²) < 4.78 is 66.4. The molecular formula is C27H26F3NO6. The minimum atomic E-state index is -4.75. The number of aromatic nitrogens is 1. The molecule has 37 heavy (non-hydrogen) atoms. The van der Waals surface area contributed by atoms with Crippen LogP contribution in [0.5, 0.6) is 17.4 Å². The van der Waals surface area contributed by atoms with Crippen molar-refractivity contribution in [3.63, 3.8) is 0 Å². The summed E-state index contributed by atoms with van der Waals surface area (Å²) in [7, 11) is 0. The van der Waals surface area contributed by atoms with Crippen LogP contribution in [0.1, 0.15) is 16.7 Å². The predicted octanol–water partition coefficient (Wildman–Crippen LogP) is 4.65. The van der Waals surface area contributed by atoms with Crippen LogP contribution in [0, 0.1) is 6.92 Å². The van der Waals surface area contributed by atoms with Crippen LogP contribution in [0.15, 0.2) is 53.3 Å². The molecule has 0 radical (unpaired) electrons. The predicted molar refractivity (Wildman–Crippen MR) is 128 cm³/mol. The van der Waals surface area contributed by atoms with Gasteiger partial charge in [-0.3, -0.25) is 4.79 Å². The summed E-state index contributed by atoms with van der Waals surface area (Å²) in [5.41, 5.74) is 3.78. The Labute approximate surface area is 211 Å². The van der Waals surface area contributed by atoms with Gasteiger partial charge < -0.3 is 28.3 Å². The third kappa shape index (κ3) is 5.91. The molecule has 3 aromatic rings. The molecule has 1 atom stereocenters. The highest BCUT2D eigenvalue weighted by Gasteiger charge is 2.31. The van der Waals surface area contributed by atoms with E-state index in [4.69, 9.17) is 18.9 Å². The highest BCUT2D eigenvalue weighted by atomic mass is 19.4. The lowest BCUT2D eigenvalue weighted by Crippen LogP contribution is -2.34. The van der Waals surface area contributed by atoms with Gasteiger partial charge in [-0.2, -0.15) is 0 Å².